The van der Waals surface area contributed by atoms with Crippen molar-refractivity contribution in [2.45, 2.75) is 50.7 Å². The highest BCUT2D eigenvalue weighted by Gasteiger charge is 2.30. The maximum atomic E-state index is 12.5. The van der Waals surface area contributed by atoms with Gasteiger partial charge in [-0.3, -0.25) is 10.1 Å². The molecule has 3 nitrogen and oxygen atoms in total. The van der Waals surface area contributed by atoms with Gasteiger partial charge in [-0.05, 0) is 42.0 Å². The topological polar surface area (TPSA) is 41.1 Å². The van der Waals surface area contributed by atoms with Gasteiger partial charge in [0.05, 0.1) is 12.1 Å². The summed E-state index contributed by atoms with van der Waals surface area (Å²) in [4.78, 5) is 12.5. The molecule has 4 rings (SSSR count). The lowest BCUT2D eigenvalue weighted by Crippen LogP contribution is -2.46. The maximum absolute atomic E-state index is 12.5. The van der Waals surface area contributed by atoms with Crippen LogP contribution in [-0.4, -0.2) is 18.0 Å². The van der Waals surface area contributed by atoms with E-state index < -0.39 is 0 Å². The van der Waals surface area contributed by atoms with Gasteiger partial charge in [-0.2, -0.15) is 0 Å². The summed E-state index contributed by atoms with van der Waals surface area (Å²) in [7, 11) is 0. The number of rotatable bonds is 4. The highest BCUT2D eigenvalue weighted by Crippen LogP contribution is 2.43. The van der Waals surface area contributed by atoms with E-state index in [9.17, 15) is 4.79 Å². The number of nitrogens with one attached hydrogen (secondary N) is 2. The number of hydrogen-bond acceptors (Lipinski definition) is 2. The van der Waals surface area contributed by atoms with Crippen LogP contribution < -0.4 is 10.6 Å². The molecule has 2 N–H and O–H groups in total. The summed E-state index contributed by atoms with van der Waals surface area (Å²) >= 11 is 0. The molecular weight excluding hydrogens is 296 g/mol. The van der Waals surface area contributed by atoms with Gasteiger partial charge in [-0.15, -0.1) is 0 Å². The van der Waals surface area contributed by atoms with Crippen molar-refractivity contribution < 1.29 is 4.79 Å². The summed E-state index contributed by atoms with van der Waals surface area (Å²) in [5.74, 6) is 0.115. The molecule has 24 heavy (non-hydrogen) atoms. The Balaban J connectivity index is 1.54. The van der Waals surface area contributed by atoms with Gasteiger partial charge in [0.2, 0.25) is 5.91 Å². The fourth-order valence-electron chi connectivity index (χ4n) is 4.06. The zero-order chi connectivity index (χ0) is 16.5. The Kier molecular flexibility index (Phi) is 4.11. The van der Waals surface area contributed by atoms with E-state index in [0.717, 1.165) is 12.8 Å². The molecular formula is C21H24N2O. The highest BCUT2D eigenvalue weighted by molar-refractivity contribution is 5.83. The van der Waals surface area contributed by atoms with Gasteiger partial charge in [0, 0.05) is 6.04 Å². The molecule has 1 saturated carbocycles. The van der Waals surface area contributed by atoms with Crippen molar-refractivity contribution in [1.29, 1.82) is 0 Å². The first-order valence-electron chi connectivity index (χ1n) is 8.98. The number of carbonyl (C=O) groups is 1. The van der Waals surface area contributed by atoms with E-state index in [0.29, 0.717) is 6.04 Å². The van der Waals surface area contributed by atoms with Gasteiger partial charge >= 0.3 is 0 Å². The van der Waals surface area contributed by atoms with Crippen LogP contribution in [0.25, 0.3) is 11.1 Å². The Morgan fingerprint density at radius 3 is 2.08 bits per heavy atom. The first-order valence-corrected chi connectivity index (χ1v) is 8.98. The molecule has 2 aliphatic carbocycles. The van der Waals surface area contributed by atoms with Gasteiger partial charge in [0.25, 0.3) is 0 Å². The standard InChI is InChI=1S/C21H24N2O/c1-14(21(24)23-15-8-2-3-9-15)22-20-18-12-6-4-10-16(18)17-11-5-7-13-19(17)20/h4-7,10-15,20,22H,2-3,8-9H2,1H3,(H,23,24). The predicted octanol–water partition coefficient (Wildman–Crippen LogP) is 3.79. The van der Waals surface area contributed by atoms with Crippen LogP contribution in [0.4, 0.5) is 0 Å². The van der Waals surface area contributed by atoms with Gasteiger partial charge in [0.15, 0.2) is 0 Å². The van der Waals surface area contributed by atoms with Crippen LogP contribution in [0.3, 0.4) is 0 Å². The molecule has 124 valence electrons. The Hall–Kier alpha value is -2.13. The van der Waals surface area contributed by atoms with Crippen LogP contribution in [0, 0.1) is 0 Å². The van der Waals surface area contributed by atoms with Crippen LogP contribution in [0.15, 0.2) is 48.5 Å². The molecule has 0 spiro atoms. The second-order valence-corrected chi connectivity index (χ2v) is 6.99. The van der Waals surface area contributed by atoms with Crippen molar-refractivity contribution in [2.24, 2.45) is 0 Å². The van der Waals surface area contributed by atoms with Crippen molar-refractivity contribution in [3.63, 3.8) is 0 Å². The van der Waals surface area contributed by atoms with E-state index in [-0.39, 0.29) is 18.0 Å². The molecule has 0 aliphatic heterocycles. The van der Waals surface area contributed by atoms with Gasteiger partial charge in [-0.1, -0.05) is 61.4 Å². The van der Waals surface area contributed by atoms with Crippen molar-refractivity contribution in [3.8, 4) is 11.1 Å². The minimum Gasteiger partial charge on any atom is -0.352 e. The zero-order valence-corrected chi connectivity index (χ0v) is 14.1. The van der Waals surface area contributed by atoms with Crippen LogP contribution >= 0.6 is 0 Å². The Morgan fingerprint density at radius 1 is 0.958 bits per heavy atom. The smallest absolute Gasteiger partial charge is 0.237 e. The number of carbonyl (C=O) groups excluding carboxylic acids is 1. The van der Waals surface area contributed by atoms with E-state index in [2.05, 4.69) is 59.2 Å². The Bertz CT molecular complexity index is 704. The molecule has 0 radical (unpaired) electrons. The third-order valence-electron chi connectivity index (χ3n) is 5.35. The number of benzene rings is 2. The Labute approximate surface area is 143 Å². The monoisotopic (exact) mass is 320 g/mol. The summed E-state index contributed by atoms with van der Waals surface area (Å²) in [6, 6.07) is 17.2. The molecule has 0 saturated heterocycles. The third-order valence-corrected chi connectivity index (χ3v) is 5.35. The molecule has 1 fully saturated rings. The summed E-state index contributed by atoms with van der Waals surface area (Å²) in [6.07, 6.45) is 4.70. The van der Waals surface area contributed by atoms with Gasteiger partial charge in [0.1, 0.15) is 0 Å². The van der Waals surface area contributed by atoms with Crippen molar-refractivity contribution >= 4 is 5.91 Å². The number of fused-ring (bicyclic) bond motifs is 3. The third kappa shape index (κ3) is 2.73. The van der Waals surface area contributed by atoms with Crippen LogP contribution in [0.5, 0.6) is 0 Å². The molecule has 1 unspecified atom stereocenters. The normalized spacial score (nSPS) is 18.2. The van der Waals surface area contributed by atoms with E-state index in [1.165, 1.54) is 35.1 Å². The Morgan fingerprint density at radius 2 is 1.50 bits per heavy atom. The van der Waals surface area contributed by atoms with E-state index in [1.807, 2.05) is 6.92 Å². The molecule has 0 heterocycles. The van der Waals surface area contributed by atoms with E-state index >= 15 is 0 Å². The zero-order valence-electron chi connectivity index (χ0n) is 14.1. The molecule has 3 heteroatoms. The van der Waals surface area contributed by atoms with Crippen LogP contribution in [-0.2, 0) is 4.79 Å². The molecule has 2 aliphatic rings. The first kappa shape index (κ1) is 15.4. The fraction of sp³-hybridized carbons (Fsp3) is 0.381. The SMILES string of the molecule is CC(NC1c2ccccc2-c2ccccc21)C(=O)NC1CCCC1. The summed E-state index contributed by atoms with van der Waals surface area (Å²) in [5.41, 5.74) is 5.07. The highest BCUT2D eigenvalue weighted by atomic mass is 16.2. The second kappa shape index (κ2) is 6.40. The largest absolute Gasteiger partial charge is 0.352 e. The van der Waals surface area contributed by atoms with E-state index in [4.69, 9.17) is 0 Å². The summed E-state index contributed by atoms with van der Waals surface area (Å²) in [6.45, 7) is 1.97. The average molecular weight is 320 g/mol. The molecule has 2 aromatic carbocycles. The van der Waals surface area contributed by atoms with E-state index in [1.54, 1.807) is 0 Å². The molecule has 1 atom stereocenters. The average Bonchev–Trinajstić information content (AvgIpc) is 3.22. The lowest BCUT2D eigenvalue weighted by atomic mass is 10.0. The van der Waals surface area contributed by atoms with Crippen molar-refractivity contribution in [2.75, 3.05) is 0 Å². The number of hydrogen-bond donors (Lipinski definition) is 2. The maximum Gasteiger partial charge on any atom is 0.237 e. The minimum atomic E-state index is -0.213. The summed E-state index contributed by atoms with van der Waals surface area (Å²) < 4.78 is 0. The van der Waals surface area contributed by atoms with Gasteiger partial charge < -0.3 is 5.32 Å². The summed E-state index contributed by atoms with van der Waals surface area (Å²) in [5, 5.41) is 6.75. The number of amides is 1. The quantitative estimate of drug-likeness (QED) is 0.900. The lowest BCUT2D eigenvalue weighted by molar-refractivity contribution is -0.123. The predicted molar refractivity (Wildman–Crippen MR) is 96.7 cm³/mol. The molecule has 0 aromatic heterocycles. The first-order chi connectivity index (χ1) is 11.7. The van der Waals surface area contributed by atoms with Crippen LogP contribution in [0.1, 0.15) is 49.8 Å². The molecule has 1 amide bonds. The van der Waals surface area contributed by atoms with Crippen molar-refractivity contribution in [3.05, 3.63) is 59.7 Å². The van der Waals surface area contributed by atoms with Crippen LogP contribution in [0.2, 0.25) is 0 Å². The van der Waals surface area contributed by atoms with Gasteiger partial charge in [-0.25, -0.2) is 0 Å². The molecule has 2 aromatic rings. The fourth-order valence-corrected chi connectivity index (χ4v) is 4.06. The van der Waals surface area contributed by atoms with Crippen molar-refractivity contribution in [1.82, 2.24) is 10.6 Å². The molecule has 0 bridgehead atoms. The minimum absolute atomic E-state index is 0.0849. The second-order valence-electron chi connectivity index (χ2n) is 6.99. The lowest BCUT2D eigenvalue weighted by Gasteiger charge is -2.22.